The molecule has 5 heteroatoms. The van der Waals surface area contributed by atoms with Crippen molar-refractivity contribution in [3.8, 4) is 0 Å². The van der Waals surface area contributed by atoms with Crippen LogP contribution in [0.1, 0.15) is 22.5 Å². The Morgan fingerprint density at radius 2 is 2.11 bits per heavy atom. The molecular formula is C14H13ClN2OS. The van der Waals surface area contributed by atoms with Crippen LogP contribution in [0, 0.1) is 0 Å². The van der Waals surface area contributed by atoms with Crippen molar-refractivity contribution in [3.63, 3.8) is 0 Å². The van der Waals surface area contributed by atoms with Gasteiger partial charge in [-0.3, -0.25) is 4.79 Å². The maximum Gasteiger partial charge on any atom is 0.263 e. The molecule has 2 aromatic rings. The van der Waals surface area contributed by atoms with Gasteiger partial charge < -0.3 is 11.1 Å². The molecule has 0 bridgehead atoms. The van der Waals surface area contributed by atoms with E-state index in [1.165, 1.54) is 11.3 Å². The molecule has 3 rings (SSSR count). The molecule has 1 aliphatic rings. The normalized spacial score (nSPS) is 15.2. The fraction of sp³-hybridized carbons (Fsp3) is 0.214. The minimum absolute atomic E-state index is 0.108. The Balaban J connectivity index is 1.94. The van der Waals surface area contributed by atoms with E-state index in [0.717, 1.165) is 22.9 Å². The maximum absolute atomic E-state index is 12.3. The van der Waals surface area contributed by atoms with Crippen LogP contribution in [0.25, 0.3) is 10.1 Å². The fourth-order valence-electron chi connectivity index (χ4n) is 2.28. The van der Waals surface area contributed by atoms with E-state index >= 15 is 0 Å². The van der Waals surface area contributed by atoms with Gasteiger partial charge in [-0.05, 0) is 25.0 Å². The summed E-state index contributed by atoms with van der Waals surface area (Å²) in [6.45, 7) is 0. The molecule has 1 amide bonds. The van der Waals surface area contributed by atoms with Crippen molar-refractivity contribution in [1.29, 1.82) is 0 Å². The molecular weight excluding hydrogens is 280 g/mol. The number of nitrogen functional groups attached to an aromatic ring is 1. The number of thiophene rings is 1. The highest BCUT2D eigenvalue weighted by Gasteiger charge is 2.20. The Morgan fingerprint density at radius 3 is 2.79 bits per heavy atom. The van der Waals surface area contributed by atoms with E-state index in [9.17, 15) is 4.79 Å². The molecule has 19 heavy (non-hydrogen) atoms. The van der Waals surface area contributed by atoms with Crippen molar-refractivity contribution in [1.82, 2.24) is 5.32 Å². The van der Waals surface area contributed by atoms with Gasteiger partial charge >= 0.3 is 0 Å². The van der Waals surface area contributed by atoms with E-state index in [0.29, 0.717) is 15.6 Å². The van der Waals surface area contributed by atoms with Crippen LogP contribution < -0.4 is 11.1 Å². The summed E-state index contributed by atoms with van der Waals surface area (Å²) in [6, 6.07) is 5.77. The minimum atomic E-state index is -0.108. The summed E-state index contributed by atoms with van der Waals surface area (Å²) in [6.07, 6.45) is 5.93. The number of hydrogen-bond acceptors (Lipinski definition) is 3. The van der Waals surface area contributed by atoms with Crippen LogP contribution in [0.4, 0.5) is 5.69 Å². The Morgan fingerprint density at radius 1 is 1.37 bits per heavy atom. The zero-order chi connectivity index (χ0) is 13.4. The van der Waals surface area contributed by atoms with Crippen LogP contribution in [-0.2, 0) is 0 Å². The predicted molar refractivity (Wildman–Crippen MR) is 80.9 cm³/mol. The summed E-state index contributed by atoms with van der Waals surface area (Å²) in [5.41, 5.74) is 6.55. The Hall–Kier alpha value is -1.52. The number of rotatable bonds is 2. The van der Waals surface area contributed by atoms with Crippen LogP contribution in [0.5, 0.6) is 0 Å². The van der Waals surface area contributed by atoms with Crippen LogP contribution in [0.3, 0.4) is 0 Å². The Bertz CT molecular complexity index is 669. The summed E-state index contributed by atoms with van der Waals surface area (Å²) in [5.74, 6) is -0.108. The Labute approximate surface area is 120 Å². The van der Waals surface area contributed by atoms with Crippen LogP contribution >= 0.6 is 22.9 Å². The van der Waals surface area contributed by atoms with Gasteiger partial charge in [0.1, 0.15) is 4.88 Å². The standard InChI is InChI=1S/C14H13ClN2OS/c15-9-6-3-7-10-11(9)12(16)13(19-10)14(18)17-8-4-1-2-5-8/h1-3,6-8H,4-5,16H2,(H,17,18). The zero-order valence-electron chi connectivity index (χ0n) is 10.2. The number of nitrogens with one attached hydrogen (secondary N) is 1. The van der Waals surface area contributed by atoms with E-state index in [-0.39, 0.29) is 11.9 Å². The largest absolute Gasteiger partial charge is 0.397 e. The minimum Gasteiger partial charge on any atom is -0.397 e. The SMILES string of the molecule is Nc1c(C(=O)NC2CC=CC2)sc2cccc(Cl)c12. The molecule has 1 aromatic carbocycles. The van der Waals surface area contributed by atoms with Gasteiger partial charge in [0, 0.05) is 16.1 Å². The number of hydrogen-bond donors (Lipinski definition) is 2. The zero-order valence-corrected chi connectivity index (χ0v) is 11.7. The molecule has 0 radical (unpaired) electrons. The third kappa shape index (κ3) is 2.22. The predicted octanol–water partition coefficient (Wildman–Crippen LogP) is 3.59. The number of halogens is 1. The lowest BCUT2D eigenvalue weighted by molar-refractivity contribution is 0.0944. The van der Waals surface area contributed by atoms with E-state index in [1.807, 2.05) is 12.1 Å². The van der Waals surface area contributed by atoms with Gasteiger partial charge in [0.25, 0.3) is 5.91 Å². The smallest absolute Gasteiger partial charge is 0.263 e. The molecule has 98 valence electrons. The van der Waals surface area contributed by atoms with Gasteiger partial charge in [-0.15, -0.1) is 11.3 Å². The summed E-state index contributed by atoms with van der Waals surface area (Å²) in [4.78, 5) is 12.8. The summed E-state index contributed by atoms with van der Waals surface area (Å²) in [5, 5.41) is 4.37. The van der Waals surface area contributed by atoms with Crippen LogP contribution in [-0.4, -0.2) is 11.9 Å². The Kier molecular flexibility index (Phi) is 3.21. The molecule has 0 fully saturated rings. The molecule has 3 N–H and O–H groups in total. The van der Waals surface area contributed by atoms with Crippen molar-refractivity contribution in [3.05, 3.63) is 40.3 Å². The number of amides is 1. The van der Waals surface area contributed by atoms with E-state index < -0.39 is 0 Å². The van der Waals surface area contributed by atoms with Gasteiger partial charge in [0.2, 0.25) is 0 Å². The third-order valence-corrected chi connectivity index (χ3v) is 4.74. The molecule has 0 saturated heterocycles. The first-order valence-electron chi connectivity index (χ1n) is 6.09. The molecule has 0 unspecified atom stereocenters. The lowest BCUT2D eigenvalue weighted by Crippen LogP contribution is -2.32. The van der Waals surface area contributed by atoms with E-state index in [4.69, 9.17) is 17.3 Å². The van der Waals surface area contributed by atoms with Gasteiger partial charge in [0.15, 0.2) is 0 Å². The average Bonchev–Trinajstić information content (AvgIpc) is 2.98. The molecule has 3 nitrogen and oxygen atoms in total. The van der Waals surface area contributed by atoms with E-state index in [2.05, 4.69) is 17.5 Å². The average molecular weight is 293 g/mol. The first-order chi connectivity index (χ1) is 9.16. The number of fused-ring (bicyclic) bond motifs is 1. The number of benzene rings is 1. The van der Waals surface area contributed by atoms with Gasteiger partial charge in [-0.25, -0.2) is 0 Å². The lowest BCUT2D eigenvalue weighted by Gasteiger charge is -2.11. The second-order valence-corrected chi connectivity index (χ2v) is 6.03. The van der Waals surface area contributed by atoms with Crippen molar-refractivity contribution < 1.29 is 4.79 Å². The third-order valence-electron chi connectivity index (χ3n) is 3.25. The van der Waals surface area contributed by atoms with Crippen molar-refractivity contribution >= 4 is 44.6 Å². The molecule has 1 heterocycles. The molecule has 0 spiro atoms. The van der Waals surface area contributed by atoms with Crippen molar-refractivity contribution in [2.24, 2.45) is 0 Å². The second kappa shape index (κ2) is 4.87. The summed E-state index contributed by atoms with van der Waals surface area (Å²) >= 11 is 7.52. The monoisotopic (exact) mass is 292 g/mol. The van der Waals surface area contributed by atoms with Crippen LogP contribution in [0.15, 0.2) is 30.4 Å². The van der Waals surface area contributed by atoms with E-state index in [1.54, 1.807) is 6.07 Å². The van der Waals surface area contributed by atoms with Gasteiger partial charge in [0.05, 0.1) is 10.7 Å². The van der Waals surface area contributed by atoms with Gasteiger partial charge in [-0.2, -0.15) is 0 Å². The quantitative estimate of drug-likeness (QED) is 0.831. The number of carbonyl (C=O) groups excluding carboxylic acids is 1. The second-order valence-electron chi connectivity index (χ2n) is 4.57. The highest BCUT2D eigenvalue weighted by molar-refractivity contribution is 7.21. The topological polar surface area (TPSA) is 55.1 Å². The number of nitrogens with two attached hydrogens (primary N) is 1. The molecule has 0 atom stereocenters. The van der Waals surface area contributed by atoms with Crippen molar-refractivity contribution in [2.75, 3.05) is 5.73 Å². The molecule has 0 saturated carbocycles. The number of carbonyl (C=O) groups is 1. The lowest BCUT2D eigenvalue weighted by atomic mass is 10.2. The molecule has 1 aliphatic carbocycles. The summed E-state index contributed by atoms with van der Waals surface area (Å²) < 4.78 is 0.944. The maximum atomic E-state index is 12.3. The summed E-state index contributed by atoms with van der Waals surface area (Å²) in [7, 11) is 0. The first-order valence-corrected chi connectivity index (χ1v) is 7.28. The molecule has 0 aliphatic heterocycles. The highest BCUT2D eigenvalue weighted by atomic mass is 35.5. The van der Waals surface area contributed by atoms with Crippen LogP contribution in [0.2, 0.25) is 5.02 Å². The number of anilines is 1. The first kappa shape index (κ1) is 12.5. The fourth-order valence-corrected chi connectivity index (χ4v) is 3.67. The molecule has 1 aromatic heterocycles. The van der Waals surface area contributed by atoms with Gasteiger partial charge in [-0.1, -0.05) is 29.8 Å². The highest BCUT2D eigenvalue weighted by Crippen LogP contribution is 2.38. The van der Waals surface area contributed by atoms with Crippen molar-refractivity contribution in [2.45, 2.75) is 18.9 Å².